The van der Waals surface area contributed by atoms with Crippen molar-refractivity contribution in [2.45, 2.75) is 65.0 Å². The highest BCUT2D eigenvalue weighted by atomic mass is 28.3. The highest BCUT2D eigenvalue weighted by molar-refractivity contribution is 7.07. The van der Waals surface area contributed by atoms with Crippen LogP contribution in [0.15, 0.2) is 42.0 Å². The van der Waals surface area contributed by atoms with Crippen LogP contribution in [-0.2, 0) is 0 Å². The molecule has 0 unspecified atom stereocenters. The monoisotopic (exact) mass is 371 g/mol. The van der Waals surface area contributed by atoms with Crippen LogP contribution in [0.2, 0.25) is 13.1 Å². The summed E-state index contributed by atoms with van der Waals surface area (Å²) in [4.78, 5) is 0. The number of hydrogen-bond donors (Lipinski definition) is 0. The summed E-state index contributed by atoms with van der Waals surface area (Å²) < 4.78 is 0. The Bertz CT molecular complexity index is 921. The van der Waals surface area contributed by atoms with Crippen LogP contribution in [0.4, 0.5) is 0 Å². The molecule has 2 aromatic rings. The van der Waals surface area contributed by atoms with E-state index in [0.29, 0.717) is 5.92 Å². The van der Waals surface area contributed by atoms with Crippen LogP contribution in [0.5, 0.6) is 0 Å². The predicted molar refractivity (Wildman–Crippen MR) is 120 cm³/mol. The van der Waals surface area contributed by atoms with Gasteiger partial charge in [0.1, 0.15) is 8.07 Å². The van der Waals surface area contributed by atoms with Gasteiger partial charge in [-0.15, -0.1) is 0 Å². The zero-order valence-corrected chi connectivity index (χ0v) is 18.2. The minimum Gasteiger partial charge on any atom is -0.0616 e. The third kappa shape index (κ3) is 2.54. The smallest absolute Gasteiger partial charge is 0.0616 e. The Morgan fingerprint density at radius 1 is 0.852 bits per heavy atom. The van der Waals surface area contributed by atoms with Gasteiger partial charge >= 0.3 is 0 Å². The normalized spacial score (nSPS) is 20.8. The lowest BCUT2D eigenvalue weighted by Gasteiger charge is -2.28. The molecule has 3 aliphatic rings. The molecule has 0 N–H and O–H groups in total. The van der Waals surface area contributed by atoms with Gasteiger partial charge in [0.2, 0.25) is 0 Å². The lowest BCUT2D eigenvalue weighted by atomic mass is 9.83. The second-order valence-corrected chi connectivity index (χ2v) is 14.0. The van der Waals surface area contributed by atoms with Crippen LogP contribution < -0.4 is 5.19 Å². The molecule has 2 aromatic carbocycles. The molecule has 0 atom stereocenters. The minimum absolute atomic E-state index is 0.595. The van der Waals surface area contributed by atoms with Gasteiger partial charge in [0, 0.05) is 6.42 Å². The van der Waals surface area contributed by atoms with E-state index >= 15 is 0 Å². The number of fused-ring (bicyclic) bond motifs is 1. The van der Waals surface area contributed by atoms with Crippen molar-refractivity contribution < 1.29 is 0 Å². The van der Waals surface area contributed by atoms with Gasteiger partial charge in [-0.2, -0.15) is 0 Å². The Balaban J connectivity index is 1.66. The molecule has 1 saturated carbocycles. The number of rotatable bonds is 3. The van der Waals surface area contributed by atoms with Crippen LogP contribution in [-0.4, -0.2) is 8.07 Å². The first-order valence-electron chi connectivity index (χ1n) is 10.9. The fourth-order valence-corrected chi connectivity index (χ4v) is 9.35. The van der Waals surface area contributed by atoms with E-state index in [9.17, 15) is 0 Å². The number of allylic oxidation sites excluding steroid dienone is 1. The first-order chi connectivity index (χ1) is 13.0. The summed E-state index contributed by atoms with van der Waals surface area (Å²) in [5, 5.41) is 3.45. The van der Waals surface area contributed by atoms with Gasteiger partial charge in [0.25, 0.3) is 0 Å². The highest BCUT2D eigenvalue weighted by Gasteiger charge is 2.46. The van der Waals surface area contributed by atoms with Crippen molar-refractivity contribution in [1.82, 2.24) is 0 Å². The van der Waals surface area contributed by atoms with E-state index in [1.807, 2.05) is 0 Å². The highest BCUT2D eigenvalue weighted by Crippen LogP contribution is 2.53. The lowest BCUT2D eigenvalue weighted by molar-refractivity contribution is 0.407. The SMILES string of the molecule is CC(C)c1ccc(-c2c3ccc4c2C(=C(C2CCCCC2)[CH]4)[Si]3(C)C)cc1. The average Bonchev–Trinajstić information content (AvgIpc) is 3.14. The van der Waals surface area contributed by atoms with Gasteiger partial charge in [-0.1, -0.05) is 88.2 Å². The third-order valence-electron chi connectivity index (χ3n) is 7.30. The molecular formula is C26H31Si. The standard InChI is InChI=1S/C26H31Si/c1-17(2)18-10-12-20(13-11-18)24-23-15-14-21-16-22(19-8-6-5-7-9-19)26(25(21)24)27(23,3)4/h10-17,19H,5-9H2,1-4H3. The second kappa shape index (κ2) is 6.20. The van der Waals surface area contributed by atoms with E-state index in [2.05, 4.69) is 69.8 Å². The first-order valence-corrected chi connectivity index (χ1v) is 13.9. The van der Waals surface area contributed by atoms with Crippen molar-refractivity contribution in [3.05, 3.63) is 65.1 Å². The summed E-state index contributed by atoms with van der Waals surface area (Å²) in [7, 11) is -1.60. The van der Waals surface area contributed by atoms with Crippen LogP contribution in [0.25, 0.3) is 16.3 Å². The van der Waals surface area contributed by atoms with Gasteiger partial charge in [-0.05, 0) is 62.9 Å². The maximum absolute atomic E-state index is 2.59. The quantitative estimate of drug-likeness (QED) is 0.518. The van der Waals surface area contributed by atoms with Crippen molar-refractivity contribution in [2.75, 3.05) is 0 Å². The Hall–Kier alpha value is -1.60. The molecule has 2 bridgehead atoms. The fourth-order valence-electron chi connectivity index (χ4n) is 5.79. The average molecular weight is 372 g/mol. The van der Waals surface area contributed by atoms with Crippen molar-refractivity contribution in [2.24, 2.45) is 5.92 Å². The summed E-state index contributed by atoms with van der Waals surface area (Å²) >= 11 is 0. The minimum atomic E-state index is -1.60. The molecule has 0 nitrogen and oxygen atoms in total. The number of hydrogen-bond acceptors (Lipinski definition) is 0. The zero-order chi connectivity index (χ0) is 18.8. The van der Waals surface area contributed by atoms with Crippen LogP contribution >= 0.6 is 0 Å². The second-order valence-electron chi connectivity index (χ2n) is 9.66. The van der Waals surface area contributed by atoms with Gasteiger partial charge < -0.3 is 0 Å². The molecule has 1 fully saturated rings. The van der Waals surface area contributed by atoms with E-state index in [4.69, 9.17) is 0 Å². The molecule has 5 rings (SSSR count). The Morgan fingerprint density at radius 2 is 1.56 bits per heavy atom. The first kappa shape index (κ1) is 17.5. The molecule has 1 heteroatoms. The summed E-state index contributed by atoms with van der Waals surface area (Å²) in [6.07, 6.45) is 9.65. The maximum atomic E-state index is 2.59. The molecule has 0 spiro atoms. The molecular weight excluding hydrogens is 340 g/mol. The van der Waals surface area contributed by atoms with E-state index in [0.717, 1.165) is 5.92 Å². The van der Waals surface area contributed by atoms with Crippen LogP contribution in [0, 0.1) is 12.3 Å². The van der Waals surface area contributed by atoms with E-state index in [1.54, 1.807) is 27.1 Å². The van der Waals surface area contributed by atoms with Crippen LogP contribution in [0.1, 0.15) is 68.6 Å². The third-order valence-corrected chi connectivity index (χ3v) is 10.8. The predicted octanol–water partition coefficient (Wildman–Crippen LogP) is 6.85. The maximum Gasteiger partial charge on any atom is 0.113 e. The van der Waals surface area contributed by atoms with Gasteiger partial charge in [-0.25, -0.2) is 0 Å². The summed E-state index contributed by atoms with van der Waals surface area (Å²) in [5.74, 6) is 1.40. The molecule has 0 saturated heterocycles. The van der Waals surface area contributed by atoms with E-state index < -0.39 is 8.07 Å². The lowest BCUT2D eigenvalue weighted by Crippen LogP contribution is -2.40. The van der Waals surface area contributed by atoms with E-state index in [-0.39, 0.29) is 0 Å². The van der Waals surface area contributed by atoms with Crippen molar-refractivity contribution in [3.8, 4) is 11.1 Å². The van der Waals surface area contributed by atoms with Gasteiger partial charge in [0.15, 0.2) is 0 Å². The largest absolute Gasteiger partial charge is 0.113 e. The molecule has 1 heterocycles. The van der Waals surface area contributed by atoms with Gasteiger partial charge in [0.05, 0.1) is 0 Å². The number of benzene rings is 2. The van der Waals surface area contributed by atoms with Crippen molar-refractivity contribution >= 4 is 18.5 Å². The molecule has 2 aliphatic carbocycles. The Kier molecular flexibility index (Phi) is 4.02. The molecule has 1 radical (unpaired) electrons. The molecule has 27 heavy (non-hydrogen) atoms. The van der Waals surface area contributed by atoms with Gasteiger partial charge in [-0.3, -0.25) is 0 Å². The summed E-state index contributed by atoms with van der Waals surface area (Å²) in [6, 6.07) is 14.3. The summed E-state index contributed by atoms with van der Waals surface area (Å²) in [6.45, 7) is 9.73. The molecule has 139 valence electrons. The fraction of sp³-hybridized carbons (Fsp3) is 0.423. The molecule has 0 aromatic heterocycles. The summed E-state index contributed by atoms with van der Waals surface area (Å²) in [5.41, 5.74) is 9.27. The van der Waals surface area contributed by atoms with Crippen molar-refractivity contribution in [3.63, 3.8) is 0 Å². The van der Waals surface area contributed by atoms with Crippen molar-refractivity contribution in [1.29, 1.82) is 0 Å². The van der Waals surface area contributed by atoms with E-state index in [1.165, 1.54) is 48.8 Å². The molecule has 0 amide bonds. The topological polar surface area (TPSA) is 0 Å². The Labute approximate surface area is 165 Å². The zero-order valence-electron chi connectivity index (χ0n) is 17.2. The Morgan fingerprint density at radius 3 is 2.22 bits per heavy atom. The molecule has 1 aliphatic heterocycles. The van der Waals surface area contributed by atoms with Crippen LogP contribution in [0.3, 0.4) is 0 Å².